The number of fused-ring (bicyclic) bond motifs is 1. The molecular formula is C16H19NO3S. The molecule has 1 heterocycles. The van der Waals surface area contributed by atoms with E-state index >= 15 is 0 Å². The summed E-state index contributed by atoms with van der Waals surface area (Å²) in [5.74, 6) is 1.40. The average Bonchev–Trinajstić information content (AvgIpc) is 2.83. The number of hydrogen-bond donors (Lipinski definition) is 1. The molecular weight excluding hydrogens is 286 g/mol. The number of nitrogens with one attached hydrogen (secondary N) is 1. The molecule has 0 bridgehead atoms. The van der Waals surface area contributed by atoms with Gasteiger partial charge < -0.3 is 10.1 Å². The second-order valence-corrected chi connectivity index (χ2v) is 7.64. The minimum Gasteiger partial charge on any atom is -0.492 e. The van der Waals surface area contributed by atoms with Gasteiger partial charge in [-0.15, -0.1) is 0 Å². The van der Waals surface area contributed by atoms with Crippen molar-refractivity contribution in [1.82, 2.24) is 5.32 Å². The van der Waals surface area contributed by atoms with Gasteiger partial charge in [0.15, 0.2) is 9.84 Å². The quantitative estimate of drug-likeness (QED) is 0.859. The highest BCUT2D eigenvalue weighted by atomic mass is 32.2. The highest BCUT2D eigenvalue weighted by Crippen LogP contribution is 2.20. The molecule has 0 amide bonds. The van der Waals surface area contributed by atoms with Crippen molar-refractivity contribution < 1.29 is 13.2 Å². The van der Waals surface area contributed by atoms with Gasteiger partial charge in [-0.1, -0.05) is 30.3 Å². The van der Waals surface area contributed by atoms with Crippen LogP contribution >= 0.6 is 0 Å². The van der Waals surface area contributed by atoms with Crippen LogP contribution in [-0.2, 0) is 9.84 Å². The maximum atomic E-state index is 11.3. The molecule has 112 valence electrons. The van der Waals surface area contributed by atoms with E-state index in [2.05, 4.69) is 17.4 Å². The third kappa shape index (κ3) is 3.74. The molecule has 1 unspecified atom stereocenters. The third-order valence-electron chi connectivity index (χ3n) is 3.76. The van der Waals surface area contributed by atoms with Crippen molar-refractivity contribution in [3.05, 3.63) is 42.5 Å². The Labute approximate surface area is 125 Å². The predicted molar refractivity (Wildman–Crippen MR) is 84.5 cm³/mol. The van der Waals surface area contributed by atoms with Gasteiger partial charge in [0, 0.05) is 12.6 Å². The van der Waals surface area contributed by atoms with Crippen molar-refractivity contribution in [2.45, 2.75) is 12.5 Å². The summed E-state index contributed by atoms with van der Waals surface area (Å²) in [6.45, 7) is 1.20. The highest BCUT2D eigenvalue weighted by molar-refractivity contribution is 7.91. The zero-order valence-corrected chi connectivity index (χ0v) is 12.6. The van der Waals surface area contributed by atoms with Gasteiger partial charge in [0.05, 0.1) is 11.5 Å². The Morgan fingerprint density at radius 1 is 1.14 bits per heavy atom. The van der Waals surface area contributed by atoms with Crippen LogP contribution in [0.15, 0.2) is 42.5 Å². The summed E-state index contributed by atoms with van der Waals surface area (Å²) in [6.07, 6.45) is 0.707. The van der Waals surface area contributed by atoms with Crippen LogP contribution in [0.2, 0.25) is 0 Å². The Morgan fingerprint density at radius 3 is 2.71 bits per heavy atom. The van der Waals surface area contributed by atoms with E-state index in [1.54, 1.807) is 0 Å². The van der Waals surface area contributed by atoms with Crippen LogP contribution in [0.3, 0.4) is 0 Å². The molecule has 1 fully saturated rings. The summed E-state index contributed by atoms with van der Waals surface area (Å²) in [5.41, 5.74) is 0. The Bertz CT molecular complexity index is 727. The van der Waals surface area contributed by atoms with Crippen LogP contribution in [0.25, 0.3) is 10.8 Å². The number of ether oxygens (including phenoxy) is 1. The molecule has 0 aliphatic carbocycles. The first-order valence-electron chi connectivity index (χ1n) is 7.18. The van der Waals surface area contributed by atoms with E-state index < -0.39 is 9.84 Å². The van der Waals surface area contributed by atoms with Crippen molar-refractivity contribution in [2.75, 3.05) is 24.7 Å². The fraction of sp³-hybridized carbons (Fsp3) is 0.375. The second kappa shape index (κ2) is 6.03. The van der Waals surface area contributed by atoms with Crippen LogP contribution < -0.4 is 10.1 Å². The Morgan fingerprint density at radius 2 is 1.95 bits per heavy atom. The first-order valence-corrected chi connectivity index (χ1v) is 9.00. The molecule has 0 spiro atoms. The van der Waals surface area contributed by atoms with Crippen molar-refractivity contribution in [2.24, 2.45) is 0 Å². The van der Waals surface area contributed by atoms with Gasteiger partial charge in [-0.25, -0.2) is 8.42 Å². The Hall–Kier alpha value is -1.59. The van der Waals surface area contributed by atoms with Gasteiger partial charge in [0.1, 0.15) is 12.4 Å². The molecule has 0 aromatic heterocycles. The van der Waals surface area contributed by atoms with Crippen LogP contribution in [-0.4, -0.2) is 39.1 Å². The lowest BCUT2D eigenvalue weighted by Crippen LogP contribution is -2.33. The zero-order chi connectivity index (χ0) is 14.7. The van der Waals surface area contributed by atoms with Crippen LogP contribution in [0.4, 0.5) is 0 Å². The van der Waals surface area contributed by atoms with E-state index in [1.165, 1.54) is 5.39 Å². The van der Waals surface area contributed by atoms with Gasteiger partial charge in [0.2, 0.25) is 0 Å². The molecule has 4 nitrogen and oxygen atoms in total. The summed E-state index contributed by atoms with van der Waals surface area (Å²) < 4.78 is 28.4. The molecule has 1 atom stereocenters. The van der Waals surface area contributed by atoms with Gasteiger partial charge in [-0.05, 0) is 29.3 Å². The van der Waals surface area contributed by atoms with E-state index in [-0.39, 0.29) is 11.8 Å². The monoisotopic (exact) mass is 305 g/mol. The molecule has 1 saturated heterocycles. The number of rotatable bonds is 5. The molecule has 5 heteroatoms. The summed E-state index contributed by atoms with van der Waals surface area (Å²) in [7, 11) is -2.81. The average molecular weight is 305 g/mol. The van der Waals surface area contributed by atoms with E-state index in [0.29, 0.717) is 25.3 Å². The molecule has 2 aromatic carbocycles. The topological polar surface area (TPSA) is 55.4 Å². The zero-order valence-electron chi connectivity index (χ0n) is 11.8. The lowest BCUT2D eigenvalue weighted by Gasteiger charge is -2.12. The lowest BCUT2D eigenvalue weighted by atomic mass is 10.1. The fourth-order valence-corrected chi connectivity index (χ4v) is 4.35. The summed E-state index contributed by atoms with van der Waals surface area (Å²) in [4.78, 5) is 0. The molecule has 0 radical (unpaired) electrons. The first kappa shape index (κ1) is 14.4. The Balaban J connectivity index is 1.48. The van der Waals surface area contributed by atoms with E-state index in [0.717, 1.165) is 11.1 Å². The minimum absolute atomic E-state index is 0.0789. The molecule has 0 saturated carbocycles. The summed E-state index contributed by atoms with van der Waals surface area (Å²) in [5, 5.41) is 5.59. The van der Waals surface area contributed by atoms with Crippen LogP contribution in [0, 0.1) is 0 Å². The molecule has 1 aliphatic heterocycles. The number of sulfone groups is 1. The predicted octanol–water partition coefficient (Wildman–Crippen LogP) is 2.00. The molecule has 2 aromatic rings. The smallest absolute Gasteiger partial charge is 0.151 e. The standard InChI is InChI=1S/C16H19NO3S/c18-21(19)10-7-15(12-21)17-8-9-20-16-6-5-13-3-1-2-4-14(13)11-16/h1-6,11,15,17H,7-10,12H2. The van der Waals surface area contributed by atoms with Crippen molar-refractivity contribution in [3.63, 3.8) is 0 Å². The van der Waals surface area contributed by atoms with Crippen LogP contribution in [0.1, 0.15) is 6.42 Å². The lowest BCUT2D eigenvalue weighted by molar-refractivity contribution is 0.308. The molecule has 1 N–H and O–H groups in total. The maximum absolute atomic E-state index is 11.3. The van der Waals surface area contributed by atoms with Crippen molar-refractivity contribution in [3.8, 4) is 5.75 Å². The van der Waals surface area contributed by atoms with E-state index in [4.69, 9.17) is 4.74 Å². The normalized spacial score (nSPS) is 20.7. The van der Waals surface area contributed by atoms with Gasteiger partial charge in [-0.2, -0.15) is 0 Å². The van der Waals surface area contributed by atoms with Crippen LogP contribution in [0.5, 0.6) is 5.75 Å². The number of hydrogen-bond acceptors (Lipinski definition) is 4. The van der Waals surface area contributed by atoms with Crippen molar-refractivity contribution >= 4 is 20.6 Å². The fourth-order valence-electron chi connectivity index (χ4n) is 2.65. The largest absolute Gasteiger partial charge is 0.492 e. The molecule has 21 heavy (non-hydrogen) atoms. The highest BCUT2D eigenvalue weighted by Gasteiger charge is 2.26. The first-order chi connectivity index (χ1) is 10.1. The second-order valence-electron chi connectivity index (χ2n) is 5.41. The Kier molecular flexibility index (Phi) is 4.12. The SMILES string of the molecule is O=S1(=O)CCC(NCCOc2ccc3ccccc3c2)C1. The third-order valence-corrected chi connectivity index (χ3v) is 5.53. The van der Waals surface area contributed by atoms with Gasteiger partial charge in [0.25, 0.3) is 0 Å². The summed E-state index contributed by atoms with van der Waals surface area (Å²) >= 11 is 0. The summed E-state index contributed by atoms with van der Waals surface area (Å²) in [6, 6.07) is 14.3. The van der Waals surface area contributed by atoms with Gasteiger partial charge >= 0.3 is 0 Å². The van der Waals surface area contributed by atoms with Gasteiger partial charge in [-0.3, -0.25) is 0 Å². The minimum atomic E-state index is -2.81. The van der Waals surface area contributed by atoms with Crippen molar-refractivity contribution in [1.29, 1.82) is 0 Å². The maximum Gasteiger partial charge on any atom is 0.151 e. The number of benzene rings is 2. The molecule has 3 rings (SSSR count). The van der Waals surface area contributed by atoms with E-state index in [9.17, 15) is 8.42 Å². The van der Waals surface area contributed by atoms with E-state index in [1.807, 2.05) is 30.3 Å². The molecule has 1 aliphatic rings.